The molecule has 0 atom stereocenters. The van der Waals surface area contributed by atoms with Crippen LogP contribution in [0.3, 0.4) is 0 Å². The van der Waals surface area contributed by atoms with Gasteiger partial charge in [0.2, 0.25) is 0 Å². The number of benzene rings is 1. The Kier molecular flexibility index (Phi) is 2.47. The van der Waals surface area contributed by atoms with Gasteiger partial charge in [-0.2, -0.15) is 11.8 Å². The van der Waals surface area contributed by atoms with Gasteiger partial charge in [0.05, 0.1) is 13.2 Å². The van der Waals surface area contributed by atoms with E-state index in [1.165, 1.54) is 11.5 Å². The molecule has 0 bridgehead atoms. The molecule has 0 unspecified atom stereocenters. The number of thioether (sulfide) groups is 1. The normalized spacial score (nSPS) is 25.1. The Morgan fingerprint density at radius 1 is 1.07 bits per heavy atom. The second-order valence-corrected chi connectivity index (χ2v) is 5.34. The number of hydrogen-bond acceptors (Lipinski definition) is 3. The van der Waals surface area contributed by atoms with Crippen molar-refractivity contribution in [2.75, 3.05) is 24.7 Å². The van der Waals surface area contributed by atoms with Crippen molar-refractivity contribution in [1.29, 1.82) is 0 Å². The summed E-state index contributed by atoms with van der Waals surface area (Å²) in [6.07, 6.45) is -0.151. The van der Waals surface area contributed by atoms with Crippen molar-refractivity contribution >= 4 is 11.8 Å². The van der Waals surface area contributed by atoms with E-state index in [1.54, 1.807) is 0 Å². The van der Waals surface area contributed by atoms with Crippen molar-refractivity contribution in [1.82, 2.24) is 0 Å². The van der Waals surface area contributed by atoms with E-state index in [2.05, 4.69) is 12.1 Å². The van der Waals surface area contributed by atoms with Crippen LogP contribution in [-0.4, -0.2) is 24.7 Å². The topological polar surface area (TPSA) is 18.5 Å². The van der Waals surface area contributed by atoms with E-state index in [0.717, 1.165) is 18.8 Å². The van der Waals surface area contributed by atoms with Crippen LogP contribution in [0.2, 0.25) is 0 Å². The minimum absolute atomic E-state index is 0.151. The zero-order valence-corrected chi connectivity index (χ0v) is 9.33. The maximum Gasteiger partial charge on any atom is 0.183 e. The highest BCUT2D eigenvalue weighted by Crippen LogP contribution is 2.43. The van der Waals surface area contributed by atoms with E-state index in [-0.39, 0.29) is 6.29 Å². The van der Waals surface area contributed by atoms with Gasteiger partial charge in [-0.25, -0.2) is 0 Å². The van der Waals surface area contributed by atoms with Crippen LogP contribution in [-0.2, 0) is 9.47 Å². The van der Waals surface area contributed by atoms with Crippen molar-refractivity contribution < 1.29 is 9.47 Å². The molecular formula is C12H14O2S. The van der Waals surface area contributed by atoms with E-state index >= 15 is 0 Å². The predicted molar refractivity (Wildman–Crippen MR) is 60.8 cm³/mol. The van der Waals surface area contributed by atoms with Crippen LogP contribution < -0.4 is 0 Å². The molecule has 2 heterocycles. The van der Waals surface area contributed by atoms with E-state index < -0.39 is 0 Å². The van der Waals surface area contributed by atoms with Gasteiger partial charge in [-0.05, 0) is 0 Å². The maximum atomic E-state index is 5.79. The van der Waals surface area contributed by atoms with E-state index in [0.29, 0.717) is 5.41 Å². The van der Waals surface area contributed by atoms with E-state index in [9.17, 15) is 0 Å². The van der Waals surface area contributed by atoms with Crippen LogP contribution in [0.15, 0.2) is 30.3 Å². The first-order valence-corrected chi connectivity index (χ1v) is 6.39. The molecule has 2 saturated heterocycles. The molecule has 80 valence electrons. The quantitative estimate of drug-likeness (QED) is 0.727. The lowest BCUT2D eigenvalue weighted by Gasteiger charge is -2.45. The van der Waals surface area contributed by atoms with Crippen LogP contribution in [0.5, 0.6) is 0 Å². The lowest BCUT2D eigenvalue weighted by atomic mass is 9.93. The third kappa shape index (κ3) is 1.80. The molecule has 1 aromatic carbocycles. The summed E-state index contributed by atoms with van der Waals surface area (Å²) < 4.78 is 11.6. The molecule has 0 aromatic heterocycles. The van der Waals surface area contributed by atoms with Crippen molar-refractivity contribution in [2.24, 2.45) is 5.41 Å². The highest BCUT2D eigenvalue weighted by atomic mass is 32.2. The van der Waals surface area contributed by atoms with Gasteiger partial charge in [-0.3, -0.25) is 0 Å². The molecule has 0 N–H and O–H groups in total. The fraction of sp³-hybridized carbons (Fsp3) is 0.500. The Morgan fingerprint density at radius 3 is 2.27 bits per heavy atom. The SMILES string of the molecule is c1ccc(C2OCC3(CO2)CSC3)cc1. The molecular weight excluding hydrogens is 208 g/mol. The minimum Gasteiger partial charge on any atom is -0.348 e. The van der Waals surface area contributed by atoms with Crippen LogP contribution in [0.4, 0.5) is 0 Å². The molecule has 2 fully saturated rings. The van der Waals surface area contributed by atoms with E-state index in [4.69, 9.17) is 9.47 Å². The first kappa shape index (κ1) is 9.70. The molecule has 15 heavy (non-hydrogen) atoms. The summed E-state index contributed by atoms with van der Waals surface area (Å²) >= 11 is 1.98. The van der Waals surface area contributed by atoms with Crippen LogP contribution >= 0.6 is 11.8 Å². The van der Waals surface area contributed by atoms with Gasteiger partial charge >= 0.3 is 0 Å². The summed E-state index contributed by atoms with van der Waals surface area (Å²) in [6.45, 7) is 1.69. The Hall–Kier alpha value is -0.510. The third-order valence-corrected chi connectivity index (χ3v) is 4.60. The van der Waals surface area contributed by atoms with Crippen molar-refractivity contribution in [3.63, 3.8) is 0 Å². The summed E-state index contributed by atoms with van der Waals surface area (Å²) in [5.41, 5.74) is 1.45. The van der Waals surface area contributed by atoms with Crippen molar-refractivity contribution in [3.05, 3.63) is 35.9 Å². The largest absolute Gasteiger partial charge is 0.348 e. The van der Waals surface area contributed by atoms with Gasteiger partial charge < -0.3 is 9.47 Å². The first-order chi connectivity index (χ1) is 7.38. The Bertz CT molecular complexity index is 325. The standard InChI is InChI=1S/C12H14O2S/c1-2-4-10(5-3-1)11-13-6-12(7-14-11)8-15-9-12/h1-5,11H,6-9H2. The van der Waals surface area contributed by atoms with Gasteiger partial charge in [0.1, 0.15) is 0 Å². The average molecular weight is 222 g/mol. The fourth-order valence-corrected chi connectivity index (χ4v) is 3.07. The molecule has 3 heteroatoms. The summed E-state index contributed by atoms with van der Waals surface area (Å²) in [5, 5.41) is 0. The second kappa shape index (κ2) is 3.81. The van der Waals surface area contributed by atoms with E-state index in [1.807, 2.05) is 30.0 Å². The number of rotatable bonds is 1. The molecule has 2 aliphatic heterocycles. The molecule has 2 aliphatic rings. The highest BCUT2D eigenvalue weighted by molar-refractivity contribution is 8.00. The predicted octanol–water partition coefficient (Wildman–Crippen LogP) is 2.47. The lowest BCUT2D eigenvalue weighted by molar-refractivity contribution is -0.226. The molecule has 0 aliphatic carbocycles. The highest BCUT2D eigenvalue weighted by Gasteiger charge is 2.42. The van der Waals surface area contributed by atoms with Crippen LogP contribution in [0.25, 0.3) is 0 Å². The van der Waals surface area contributed by atoms with Crippen LogP contribution in [0, 0.1) is 5.41 Å². The zero-order chi connectivity index (χ0) is 10.1. The first-order valence-electron chi connectivity index (χ1n) is 5.24. The number of ether oxygens (including phenoxy) is 2. The molecule has 0 saturated carbocycles. The second-order valence-electron chi connectivity index (χ2n) is 4.36. The summed E-state index contributed by atoms with van der Waals surface area (Å²) in [5.74, 6) is 2.38. The Morgan fingerprint density at radius 2 is 1.73 bits per heavy atom. The monoisotopic (exact) mass is 222 g/mol. The van der Waals surface area contributed by atoms with Crippen molar-refractivity contribution in [3.8, 4) is 0 Å². The van der Waals surface area contributed by atoms with Crippen molar-refractivity contribution in [2.45, 2.75) is 6.29 Å². The fourth-order valence-electron chi connectivity index (χ4n) is 1.95. The molecule has 1 spiro atoms. The van der Waals surface area contributed by atoms with Gasteiger partial charge in [-0.15, -0.1) is 0 Å². The molecule has 2 nitrogen and oxygen atoms in total. The molecule has 1 aromatic rings. The lowest BCUT2D eigenvalue weighted by Crippen LogP contribution is -2.48. The summed E-state index contributed by atoms with van der Waals surface area (Å²) in [4.78, 5) is 0. The average Bonchev–Trinajstić information content (AvgIpc) is 2.28. The molecule has 0 radical (unpaired) electrons. The Labute approximate surface area is 94.0 Å². The molecule has 0 amide bonds. The smallest absolute Gasteiger partial charge is 0.183 e. The number of hydrogen-bond donors (Lipinski definition) is 0. The zero-order valence-electron chi connectivity index (χ0n) is 8.52. The van der Waals surface area contributed by atoms with Gasteiger partial charge in [0, 0.05) is 22.5 Å². The summed E-state index contributed by atoms with van der Waals surface area (Å²) in [7, 11) is 0. The Balaban J connectivity index is 1.67. The van der Waals surface area contributed by atoms with Gasteiger partial charge in [0.25, 0.3) is 0 Å². The summed E-state index contributed by atoms with van der Waals surface area (Å²) in [6, 6.07) is 10.2. The minimum atomic E-state index is -0.151. The molecule has 3 rings (SSSR count). The maximum absolute atomic E-state index is 5.79. The van der Waals surface area contributed by atoms with Gasteiger partial charge in [0.15, 0.2) is 6.29 Å². The van der Waals surface area contributed by atoms with Crippen LogP contribution in [0.1, 0.15) is 11.9 Å². The third-order valence-electron chi connectivity index (χ3n) is 2.97. The van der Waals surface area contributed by atoms with Gasteiger partial charge in [-0.1, -0.05) is 30.3 Å².